The highest BCUT2D eigenvalue weighted by Crippen LogP contribution is 2.26. The highest BCUT2D eigenvalue weighted by molar-refractivity contribution is 7.13. The normalized spacial score (nSPS) is 25.4. The van der Waals surface area contributed by atoms with Gasteiger partial charge in [0.05, 0.1) is 11.7 Å². The second-order valence-corrected chi connectivity index (χ2v) is 7.16. The Kier molecular flexibility index (Phi) is 5.31. The number of carbonyl (C=O) groups is 1. The van der Waals surface area contributed by atoms with Crippen molar-refractivity contribution < 1.29 is 4.79 Å². The summed E-state index contributed by atoms with van der Waals surface area (Å²) in [6.45, 7) is 6.00. The largest absolute Gasteiger partial charge is 0.354 e. The van der Waals surface area contributed by atoms with E-state index < -0.39 is 0 Å². The number of nitrogens with zero attached hydrogens (tertiary/aromatic N) is 2. The maximum Gasteiger partial charge on any atom is 0.237 e. The van der Waals surface area contributed by atoms with E-state index in [-0.39, 0.29) is 11.9 Å². The number of aromatic nitrogens is 1. The topological polar surface area (TPSA) is 57.3 Å². The Labute approximate surface area is 136 Å². The number of hydrogen-bond acceptors (Lipinski definition) is 5. The van der Waals surface area contributed by atoms with E-state index in [0.717, 1.165) is 50.6 Å². The van der Waals surface area contributed by atoms with Crippen LogP contribution in [0.5, 0.6) is 0 Å². The first-order chi connectivity index (χ1) is 10.8. The lowest BCUT2D eigenvalue weighted by atomic mass is 9.98. The van der Waals surface area contributed by atoms with Gasteiger partial charge in [0, 0.05) is 25.0 Å². The SMILES string of the molecule is CCc1csc(N2CCCC(CNC(=O)C3CCCN3)C2)n1. The minimum absolute atomic E-state index is 0.0331. The van der Waals surface area contributed by atoms with Gasteiger partial charge in [-0.15, -0.1) is 11.3 Å². The van der Waals surface area contributed by atoms with Gasteiger partial charge in [-0.05, 0) is 44.6 Å². The summed E-state index contributed by atoms with van der Waals surface area (Å²) in [5.74, 6) is 0.713. The van der Waals surface area contributed by atoms with Crippen molar-refractivity contribution in [1.29, 1.82) is 0 Å². The average molecular weight is 322 g/mol. The number of piperidine rings is 1. The van der Waals surface area contributed by atoms with Crippen molar-refractivity contribution in [3.8, 4) is 0 Å². The molecular weight excluding hydrogens is 296 g/mol. The Morgan fingerprint density at radius 2 is 2.41 bits per heavy atom. The van der Waals surface area contributed by atoms with Crippen molar-refractivity contribution in [2.45, 2.75) is 45.1 Å². The van der Waals surface area contributed by atoms with E-state index in [9.17, 15) is 4.79 Å². The van der Waals surface area contributed by atoms with Gasteiger partial charge in [0.25, 0.3) is 0 Å². The fourth-order valence-electron chi connectivity index (χ4n) is 3.29. The zero-order valence-corrected chi connectivity index (χ0v) is 14.1. The van der Waals surface area contributed by atoms with Gasteiger partial charge in [-0.1, -0.05) is 6.92 Å². The number of thiazole rings is 1. The lowest BCUT2D eigenvalue weighted by Gasteiger charge is -2.32. The molecule has 1 aromatic rings. The lowest BCUT2D eigenvalue weighted by Crippen LogP contribution is -2.45. The van der Waals surface area contributed by atoms with Crippen LogP contribution in [0.4, 0.5) is 5.13 Å². The molecule has 3 rings (SSSR count). The molecule has 2 aliphatic heterocycles. The summed E-state index contributed by atoms with van der Waals surface area (Å²) >= 11 is 1.74. The second kappa shape index (κ2) is 7.42. The molecule has 2 unspecified atom stereocenters. The summed E-state index contributed by atoms with van der Waals surface area (Å²) in [4.78, 5) is 19.2. The Bertz CT molecular complexity index is 498. The van der Waals surface area contributed by atoms with Crippen molar-refractivity contribution in [3.63, 3.8) is 0 Å². The summed E-state index contributed by atoms with van der Waals surface area (Å²) < 4.78 is 0. The Balaban J connectivity index is 1.48. The predicted octanol–water partition coefficient (Wildman–Crippen LogP) is 1.79. The quantitative estimate of drug-likeness (QED) is 0.868. The summed E-state index contributed by atoms with van der Waals surface area (Å²) in [6, 6.07) is 0.0331. The van der Waals surface area contributed by atoms with Crippen LogP contribution in [0.3, 0.4) is 0 Å². The molecule has 0 spiro atoms. The first-order valence-electron chi connectivity index (χ1n) is 8.46. The molecule has 2 saturated heterocycles. The van der Waals surface area contributed by atoms with E-state index in [2.05, 4.69) is 27.8 Å². The molecule has 2 fully saturated rings. The molecule has 0 bridgehead atoms. The summed E-state index contributed by atoms with van der Waals surface area (Å²) in [6.07, 6.45) is 5.46. The van der Waals surface area contributed by atoms with Crippen molar-refractivity contribution in [2.24, 2.45) is 5.92 Å². The van der Waals surface area contributed by atoms with E-state index in [1.807, 2.05) is 0 Å². The van der Waals surface area contributed by atoms with Crippen LogP contribution in [-0.2, 0) is 11.2 Å². The van der Waals surface area contributed by atoms with Crippen LogP contribution < -0.4 is 15.5 Å². The molecule has 6 heteroatoms. The number of hydrogen-bond donors (Lipinski definition) is 2. The van der Waals surface area contributed by atoms with Gasteiger partial charge in [0.15, 0.2) is 5.13 Å². The van der Waals surface area contributed by atoms with E-state index >= 15 is 0 Å². The zero-order valence-electron chi connectivity index (χ0n) is 13.3. The molecule has 5 nitrogen and oxygen atoms in total. The predicted molar refractivity (Wildman–Crippen MR) is 90.5 cm³/mol. The molecule has 22 heavy (non-hydrogen) atoms. The number of amides is 1. The van der Waals surface area contributed by atoms with Gasteiger partial charge in [0.1, 0.15) is 0 Å². The van der Waals surface area contributed by atoms with Crippen LogP contribution in [-0.4, -0.2) is 43.1 Å². The first-order valence-corrected chi connectivity index (χ1v) is 9.34. The summed E-state index contributed by atoms with van der Waals surface area (Å²) in [5, 5.41) is 9.70. The van der Waals surface area contributed by atoms with Crippen LogP contribution in [0.25, 0.3) is 0 Å². The van der Waals surface area contributed by atoms with Crippen molar-refractivity contribution in [1.82, 2.24) is 15.6 Å². The van der Waals surface area contributed by atoms with Gasteiger partial charge >= 0.3 is 0 Å². The second-order valence-electron chi connectivity index (χ2n) is 6.32. The van der Waals surface area contributed by atoms with E-state index in [4.69, 9.17) is 4.98 Å². The zero-order chi connectivity index (χ0) is 15.4. The van der Waals surface area contributed by atoms with Crippen LogP contribution in [0.15, 0.2) is 5.38 Å². The monoisotopic (exact) mass is 322 g/mol. The summed E-state index contributed by atoms with van der Waals surface area (Å²) in [5.41, 5.74) is 1.18. The lowest BCUT2D eigenvalue weighted by molar-refractivity contribution is -0.122. The molecule has 0 saturated carbocycles. The fourth-order valence-corrected chi connectivity index (χ4v) is 4.23. The molecule has 0 aromatic carbocycles. The van der Waals surface area contributed by atoms with Crippen LogP contribution >= 0.6 is 11.3 Å². The van der Waals surface area contributed by atoms with E-state index in [0.29, 0.717) is 5.92 Å². The van der Waals surface area contributed by atoms with Crippen LogP contribution in [0.2, 0.25) is 0 Å². The standard InChI is InChI=1S/C16H26N4OS/c1-2-13-11-22-16(19-13)20-8-4-5-12(10-20)9-18-15(21)14-6-3-7-17-14/h11-12,14,17H,2-10H2,1H3,(H,18,21). The third-order valence-electron chi connectivity index (χ3n) is 4.63. The Morgan fingerprint density at radius 3 is 3.14 bits per heavy atom. The number of aryl methyl sites for hydroxylation is 1. The molecule has 0 aliphatic carbocycles. The molecular formula is C16H26N4OS. The summed E-state index contributed by atoms with van der Waals surface area (Å²) in [7, 11) is 0. The fraction of sp³-hybridized carbons (Fsp3) is 0.750. The Hall–Kier alpha value is -1.14. The van der Waals surface area contributed by atoms with Gasteiger partial charge in [-0.2, -0.15) is 0 Å². The van der Waals surface area contributed by atoms with Gasteiger partial charge in [-0.25, -0.2) is 4.98 Å². The van der Waals surface area contributed by atoms with E-state index in [1.165, 1.54) is 18.5 Å². The van der Waals surface area contributed by atoms with Gasteiger partial charge < -0.3 is 15.5 Å². The van der Waals surface area contributed by atoms with Gasteiger partial charge in [0.2, 0.25) is 5.91 Å². The molecule has 1 amide bonds. The molecule has 3 heterocycles. The van der Waals surface area contributed by atoms with Crippen LogP contribution in [0, 0.1) is 5.92 Å². The minimum Gasteiger partial charge on any atom is -0.354 e. The Morgan fingerprint density at radius 1 is 1.50 bits per heavy atom. The van der Waals surface area contributed by atoms with Gasteiger partial charge in [-0.3, -0.25) is 4.79 Å². The molecule has 2 N–H and O–H groups in total. The van der Waals surface area contributed by atoms with Crippen molar-refractivity contribution in [2.75, 3.05) is 31.1 Å². The highest BCUT2D eigenvalue weighted by Gasteiger charge is 2.25. The number of rotatable bonds is 5. The molecule has 2 atom stereocenters. The molecule has 0 radical (unpaired) electrons. The van der Waals surface area contributed by atoms with E-state index in [1.54, 1.807) is 11.3 Å². The molecule has 1 aromatic heterocycles. The maximum atomic E-state index is 12.1. The third kappa shape index (κ3) is 3.79. The maximum absolute atomic E-state index is 12.1. The number of anilines is 1. The smallest absolute Gasteiger partial charge is 0.237 e. The average Bonchev–Trinajstić information content (AvgIpc) is 3.24. The third-order valence-corrected chi connectivity index (χ3v) is 5.58. The highest BCUT2D eigenvalue weighted by atomic mass is 32.1. The number of nitrogens with one attached hydrogen (secondary N) is 2. The molecule has 2 aliphatic rings. The van der Waals surface area contributed by atoms with Crippen LogP contribution in [0.1, 0.15) is 38.3 Å². The first kappa shape index (κ1) is 15.7. The molecule has 122 valence electrons. The van der Waals surface area contributed by atoms with Crippen molar-refractivity contribution >= 4 is 22.4 Å². The number of carbonyl (C=O) groups excluding carboxylic acids is 1. The van der Waals surface area contributed by atoms with Crippen molar-refractivity contribution in [3.05, 3.63) is 11.1 Å². The minimum atomic E-state index is 0.0331.